The molecular weight excluding hydrogens is 669 g/mol. The number of nitrogens with two attached hydrogens (primary N) is 2. The Bertz CT molecular complexity index is 1540. The number of ether oxygens (including phenoxy) is 1. The number of hydrogen-bond acceptors (Lipinski definition) is 9. The van der Waals surface area contributed by atoms with Crippen LogP contribution in [0.15, 0.2) is 36.7 Å². The fourth-order valence-corrected chi connectivity index (χ4v) is 6.63. The first-order valence-electron chi connectivity index (χ1n) is 14.3. The fraction of sp³-hybridized carbons (Fsp3) is 0.483. The molecule has 8 atom stereocenters. The fourth-order valence-electron chi connectivity index (χ4n) is 6.19. The van der Waals surface area contributed by atoms with E-state index in [1.807, 2.05) is 24.3 Å². The largest absolute Gasteiger partial charge is 0.444 e. The van der Waals surface area contributed by atoms with Crippen LogP contribution in [0, 0.1) is 47.1 Å². The number of alkyl carbamates (subject to hydrolysis) is 1. The summed E-state index contributed by atoms with van der Waals surface area (Å²) in [5.74, 6) is -2.00. The lowest BCUT2D eigenvalue weighted by Gasteiger charge is -2.28. The van der Waals surface area contributed by atoms with Crippen molar-refractivity contribution in [2.45, 2.75) is 51.3 Å². The van der Waals surface area contributed by atoms with Crippen LogP contribution in [0.5, 0.6) is 0 Å². The molecule has 0 saturated heterocycles. The summed E-state index contributed by atoms with van der Waals surface area (Å²) in [6.07, 6.45) is 11.3. The van der Waals surface area contributed by atoms with Crippen molar-refractivity contribution in [1.29, 1.82) is 0 Å². The van der Waals surface area contributed by atoms with Crippen molar-refractivity contribution in [2.75, 3.05) is 5.32 Å². The molecule has 4 aliphatic rings. The van der Waals surface area contributed by atoms with E-state index in [1.54, 1.807) is 20.8 Å². The number of hydrogen-bond donors (Lipinski definition) is 4. The van der Waals surface area contributed by atoms with Crippen molar-refractivity contribution < 1.29 is 27.9 Å². The molecule has 4 aliphatic carbocycles. The molecule has 6 rings (SSSR count). The molecule has 3 amide bonds. The van der Waals surface area contributed by atoms with Crippen molar-refractivity contribution in [2.24, 2.45) is 47.0 Å². The van der Waals surface area contributed by atoms with Gasteiger partial charge >= 0.3 is 6.09 Å². The van der Waals surface area contributed by atoms with Crippen LogP contribution in [0.2, 0.25) is 15.7 Å². The third-order valence-corrected chi connectivity index (χ3v) is 8.58. The highest BCUT2D eigenvalue weighted by Gasteiger charge is 2.49. The summed E-state index contributed by atoms with van der Waals surface area (Å²) in [4.78, 5) is 48.8. The first-order chi connectivity index (χ1) is 21.5. The standard InChI is InChI=1S/C13H20N2O3.C12H12ClFN4O.C4HCl2FN2/c1-13(2,3)18-12(17)15-10-8-5-4-7(6-8)9(10)11(14)16;13-12-16-4-7(14)11(18-12)17-9-6-2-1-5(3-6)8(9)10(15)19;5-3-2(7)1-8-4(6)9-3/h4-5,7-10H,6H2,1-3H3,(H2,14,16)(H,15,17);1-2,4-6,8-9H,3H2,(H2,15,19)(H,16,17,18);1H/t7-,8+,9+,10-;5-,6+,8+,9-;/m11./s1. The van der Waals surface area contributed by atoms with Crippen LogP contribution in [-0.4, -0.2) is 55.5 Å². The van der Waals surface area contributed by atoms with Crippen LogP contribution in [0.25, 0.3) is 0 Å². The molecule has 0 radical (unpaired) electrons. The van der Waals surface area contributed by atoms with Gasteiger partial charge in [-0.3, -0.25) is 9.59 Å². The van der Waals surface area contributed by atoms with Gasteiger partial charge in [0.2, 0.25) is 22.4 Å². The summed E-state index contributed by atoms with van der Waals surface area (Å²) in [5.41, 5.74) is 10.3. The Morgan fingerprint density at radius 3 is 1.78 bits per heavy atom. The first-order valence-corrected chi connectivity index (χ1v) is 15.4. The summed E-state index contributed by atoms with van der Waals surface area (Å²) in [6, 6.07) is -0.472. The molecule has 46 heavy (non-hydrogen) atoms. The van der Waals surface area contributed by atoms with Crippen molar-refractivity contribution in [3.63, 3.8) is 0 Å². The third kappa shape index (κ3) is 8.59. The van der Waals surface area contributed by atoms with Gasteiger partial charge < -0.3 is 26.8 Å². The van der Waals surface area contributed by atoms with Gasteiger partial charge in [-0.15, -0.1) is 0 Å². The molecule has 0 aromatic carbocycles. The molecule has 2 aromatic heterocycles. The SMILES string of the molecule is CC(C)(C)OC(=O)N[C@H]1[C@@H](C(N)=O)[C@@H]2C=C[C@H]1C2.Fc1cnc(Cl)nc1Cl.NC(=O)[C@@H]1[C@H](Nc2nc(Cl)ncc2F)[C@H]2C=C[C@@H]1C2. The maximum absolute atomic E-state index is 13.6. The highest BCUT2D eigenvalue weighted by Crippen LogP contribution is 2.45. The van der Waals surface area contributed by atoms with Gasteiger partial charge in [-0.2, -0.15) is 4.98 Å². The zero-order valence-corrected chi connectivity index (χ0v) is 27.2. The number of allylic oxidation sites excluding steroid dienone is 2. The topological polar surface area (TPSA) is 188 Å². The molecule has 0 aliphatic heterocycles. The zero-order valence-electron chi connectivity index (χ0n) is 25.0. The minimum absolute atomic E-state index is 0.0113. The van der Waals surface area contributed by atoms with E-state index in [2.05, 4.69) is 30.6 Å². The van der Waals surface area contributed by atoms with E-state index >= 15 is 0 Å². The van der Waals surface area contributed by atoms with E-state index in [0.717, 1.165) is 25.2 Å². The predicted octanol–water partition coefficient (Wildman–Crippen LogP) is 4.47. The molecule has 12 nitrogen and oxygen atoms in total. The number of nitrogens with zero attached hydrogens (tertiary/aromatic N) is 4. The van der Waals surface area contributed by atoms with Crippen LogP contribution in [-0.2, 0) is 14.3 Å². The second-order valence-corrected chi connectivity index (χ2v) is 13.2. The van der Waals surface area contributed by atoms with E-state index in [-0.39, 0.29) is 80.9 Å². The normalized spacial score (nSPS) is 28.1. The lowest BCUT2D eigenvalue weighted by atomic mass is 9.88. The van der Waals surface area contributed by atoms with Crippen molar-refractivity contribution in [3.05, 3.63) is 64.1 Å². The van der Waals surface area contributed by atoms with Crippen molar-refractivity contribution in [3.8, 4) is 0 Å². The van der Waals surface area contributed by atoms with Gasteiger partial charge in [0.25, 0.3) is 0 Å². The average Bonchev–Trinajstić information content (AvgIpc) is 3.74. The van der Waals surface area contributed by atoms with Gasteiger partial charge in [-0.25, -0.2) is 28.5 Å². The first kappa shape index (κ1) is 35.2. The van der Waals surface area contributed by atoms with Gasteiger partial charge in [0.05, 0.1) is 30.3 Å². The highest BCUT2D eigenvalue weighted by atomic mass is 35.5. The maximum atomic E-state index is 13.6. The average molecular weight is 702 g/mol. The second-order valence-electron chi connectivity index (χ2n) is 12.2. The number of aromatic nitrogens is 4. The minimum atomic E-state index is -0.666. The Labute approximate surface area is 278 Å². The number of rotatable bonds is 5. The van der Waals surface area contributed by atoms with Gasteiger partial charge in [0, 0.05) is 6.04 Å². The van der Waals surface area contributed by atoms with Crippen molar-refractivity contribution >= 4 is 58.5 Å². The van der Waals surface area contributed by atoms with E-state index in [4.69, 9.17) is 51.0 Å². The number of nitrogens with one attached hydrogen (secondary N) is 2. The van der Waals surface area contributed by atoms with Crippen molar-refractivity contribution in [1.82, 2.24) is 25.3 Å². The summed E-state index contributed by atoms with van der Waals surface area (Å²) < 4.78 is 31.0. The molecule has 0 unspecified atom stereocenters. The quantitative estimate of drug-likeness (QED) is 0.198. The number of halogens is 5. The second kappa shape index (κ2) is 14.4. The van der Waals surface area contributed by atoms with E-state index in [0.29, 0.717) is 0 Å². The van der Waals surface area contributed by atoms with E-state index in [9.17, 15) is 23.2 Å². The summed E-state index contributed by atoms with van der Waals surface area (Å²) in [6.45, 7) is 5.41. The van der Waals surface area contributed by atoms with Crippen LogP contribution < -0.4 is 22.1 Å². The monoisotopic (exact) mass is 700 g/mol. The predicted molar refractivity (Wildman–Crippen MR) is 166 cm³/mol. The molecule has 2 heterocycles. The Balaban J connectivity index is 0.000000167. The number of primary amides is 2. The summed E-state index contributed by atoms with van der Waals surface area (Å²) >= 11 is 16.1. The van der Waals surface area contributed by atoms with E-state index in [1.165, 1.54) is 0 Å². The molecule has 6 N–H and O–H groups in total. The van der Waals surface area contributed by atoms with Gasteiger partial charge in [-0.1, -0.05) is 35.9 Å². The molecule has 248 valence electrons. The number of amides is 3. The zero-order chi connectivity index (χ0) is 33.9. The number of carbonyl (C=O) groups is 3. The highest BCUT2D eigenvalue weighted by molar-refractivity contribution is 6.31. The van der Waals surface area contributed by atoms with Gasteiger partial charge in [0.15, 0.2) is 22.6 Å². The molecule has 2 saturated carbocycles. The van der Waals surface area contributed by atoms with Crippen LogP contribution in [0.1, 0.15) is 33.6 Å². The molecule has 4 bridgehead atoms. The number of carbonyl (C=O) groups excluding carboxylic acids is 3. The molecule has 2 fully saturated rings. The van der Waals surface area contributed by atoms with Crippen LogP contribution in [0.3, 0.4) is 0 Å². The minimum Gasteiger partial charge on any atom is -0.444 e. The Morgan fingerprint density at radius 2 is 1.28 bits per heavy atom. The van der Waals surface area contributed by atoms with Gasteiger partial charge in [0.1, 0.15) is 5.60 Å². The smallest absolute Gasteiger partial charge is 0.407 e. The summed E-state index contributed by atoms with van der Waals surface area (Å²) in [5, 5.41) is 5.38. The maximum Gasteiger partial charge on any atom is 0.407 e. The van der Waals surface area contributed by atoms with Crippen LogP contribution >= 0.6 is 34.8 Å². The Kier molecular flexibility index (Phi) is 11.1. The molecule has 2 aromatic rings. The summed E-state index contributed by atoms with van der Waals surface area (Å²) in [7, 11) is 0. The molecular formula is C29H33Cl3F2N8O4. The Hall–Kier alpha value is -3.62. The molecule has 0 spiro atoms. The Morgan fingerprint density at radius 1 is 0.804 bits per heavy atom. The number of anilines is 1. The van der Waals surface area contributed by atoms with Crippen LogP contribution in [0.4, 0.5) is 19.4 Å². The number of fused-ring (bicyclic) bond motifs is 4. The third-order valence-electron chi connectivity index (χ3n) is 7.95. The van der Waals surface area contributed by atoms with E-state index < -0.39 is 23.3 Å². The lowest BCUT2D eigenvalue weighted by molar-refractivity contribution is -0.123. The van der Waals surface area contributed by atoms with Gasteiger partial charge in [-0.05, 0) is 80.5 Å². The lowest BCUT2D eigenvalue weighted by Crippen LogP contribution is -2.48. The molecule has 17 heteroatoms.